The molecule has 1 aromatic carbocycles. The number of hydrogen-bond acceptors (Lipinski definition) is 2. The number of aliphatic carboxylic acids is 1. The maximum absolute atomic E-state index is 11.2. The summed E-state index contributed by atoms with van der Waals surface area (Å²) < 4.78 is 0. The lowest BCUT2D eigenvalue weighted by molar-refractivity contribution is -0.140. The molecule has 2 aromatic rings. The van der Waals surface area contributed by atoms with Crippen molar-refractivity contribution in [2.24, 2.45) is 0 Å². The van der Waals surface area contributed by atoms with Crippen molar-refractivity contribution in [1.29, 1.82) is 0 Å². The van der Waals surface area contributed by atoms with Crippen molar-refractivity contribution in [3.05, 3.63) is 28.9 Å². The molecule has 1 aliphatic rings. The molecule has 0 bridgehead atoms. The zero-order valence-corrected chi connectivity index (χ0v) is 9.08. The lowest BCUT2D eigenvalue weighted by Crippen LogP contribution is -2.19. The molecule has 3 rings (SSSR count). The van der Waals surface area contributed by atoms with Gasteiger partial charge in [-0.3, -0.25) is 9.89 Å². The summed E-state index contributed by atoms with van der Waals surface area (Å²) >= 11 is 5.93. The molecule has 1 saturated carbocycles. The van der Waals surface area contributed by atoms with E-state index in [9.17, 15) is 9.90 Å². The quantitative estimate of drug-likeness (QED) is 0.841. The average molecular weight is 237 g/mol. The van der Waals surface area contributed by atoms with Gasteiger partial charge >= 0.3 is 5.97 Å². The van der Waals surface area contributed by atoms with Crippen LogP contribution in [0.25, 0.3) is 10.9 Å². The molecule has 2 N–H and O–H groups in total. The summed E-state index contributed by atoms with van der Waals surface area (Å²) in [6.45, 7) is 0. The van der Waals surface area contributed by atoms with E-state index < -0.39 is 11.4 Å². The third-order valence-corrected chi connectivity index (χ3v) is 3.51. The molecule has 0 radical (unpaired) electrons. The molecule has 0 saturated heterocycles. The van der Waals surface area contributed by atoms with Crippen molar-refractivity contribution in [3.63, 3.8) is 0 Å². The van der Waals surface area contributed by atoms with E-state index in [0.717, 1.165) is 16.5 Å². The molecule has 4 nitrogen and oxygen atoms in total. The maximum atomic E-state index is 11.2. The number of nitrogens with zero attached hydrogens (tertiary/aromatic N) is 1. The smallest absolute Gasteiger partial charge is 0.314 e. The molecular formula is C11H9ClN2O2. The highest BCUT2D eigenvalue weighted by Crippen LogP contribution is 2.49. The van der Waals surface area contributed by atoms with Crippen LogP contribution in [0.3, 0.4) is 0 Å². The summed E-state index contributed by atoms with van der Waals surface area (Å²) in [7, 11) is 0. The molecule has 82 valence electrons. The van der Waals surface area contributed by atoms with Gasteiger partial charge in [0.1, 0.15) is 5.15 Å². The van der Waals surface area contributed by atoms with Crippen LogP contribution in [0.4, 0.5) is 0 Å². The Hall–Kier alpha value is -1.55. The second-order valence-corrected chi connectivity index (χ2v) is 4.53. The molecule has 1 aromatic heterocycles. The first-order chi connectivity index (χ1) is 7.63. The van der Waals surface area contributed by atoms with Crippen molar-refractivity contribution in [3.8, 4) is 0 Å². The minimum absolute atomic E-state index is 0.457. The highest BCUT2D eigenvalue weighted by atomic mass is 35.5. The van der Waals surface area contributed by atoms with E-state index in [4.69, 9.17) is 11.6 Å². The number of rotatable bonds is 2. The molecule has 1 heterocycles. The van der Waals surface area contributed by atoms with E-state index in [1.165, 1.54) is 0 Å². The monoisotopic (exact) mass is 236 g/mol. The van der Waals surface area contributed by atoms with Gasteiger partial charge in [-0.2, -0.15) is 5.10 Å². The van der Waals surface area contributed by atoms with E-state index in [1.54, 1.807) is 6.07 Å². The zero-order chi connectivity index (χ0) is 11.3. The van der Waals surface area contributed by atoms with Crippen molar-refractivity contribution in [2.45, 2.75) is 18.3 Å². The van der Waals surface area contributed by atoms with Crippen LogP contribution in [0.5, 0.6) is 0 Å². The van der Waals surface area contributed by atoms with Crippen LogP contribution in [-0.2, 0) is 10.2 Å². The van der Waals surface area contributed by atoms with E-state index in [-0.39, 0.29) is 0 Å². The van der Waals surface area contributed by atoms with Gasteiger partial charge in [0.05, 0.1) is 10.9 Å². The number of H-pyrrole nitrogens is 1. The minimum atomic E-state index is -0.758. The van der Waals surface area contributed by atoms with Crippen molar-refractivity contribution in [1.82, 2.24) is 10.2 Å². The molecular weight excluding hydrogens is 228 g/mol. The molecule has 0 unspecified atom stereocenters. The second-order valence-electron chi connectivity index (χ2n) is 4.16. The molecule has 5 heteroatoms. The van der Waals surface area contributed by atoms with Crippen LogP contribution >= 0.6 is 11.6 Å². The van der Waals surface area contributed by atoms with Gasteiger partial charge in [-0.1, -0.05) is 17.7 Å². The Bertz CT molecular complexity index is 587. The largest absolute Gasteiger partial charge is 0.481 e. The molecule has 0 amide bonds. The van der Waals surface area contributed by atoms with Gasteiger partial charge in [0.15, 0.2) is 0 Å². The van der Waals surface area contributed by atoms with Crippen molar-refractivity contribution >= 4 is 28.5 Å². The SMILES string of the molecule is O=C(O)C1(c2ccc3n[nH]c(Cl)c3c2)CC1. The standard InChI is InChI=1S/C11H9ClN2O2/c12-9-7-5-6(1-2-8(7)13-14-9)11(3-4-11)10(15)16/h1-2,5H,3-4H2,(H,13,14)(H,15,16). The lowest BCUT2D eigenvalue weighted by Gasteiger charge is -2.09. The van der Waals surface area contributed by atoms with Gasteiger partial charge in [-0.15, -0.1) is 0 Å². The van der Waals surface area contributed by atoms with Gasteiger partial charge in [0.2, 0.25) is 0 Å². The summed E-state index contributed by atoms with van der Waals surface area (Å²) in [5.41, 5.74) is 0.889. The van der Waals surface area contributed by atoms with Crippen LogP contribution < -0.4 is 0 Å². The van der Waals surface area contributed by atoms with Crippen LogP contribution in [0, 0.1) is 0 Å². The number of carboxylic acid groups (broad SMARTS) is 1. The summed E-state index contributed by atoms with van der Waals surface area (Å²) in [5.74, 6) is -0.758. The number of hydrogen-bond donors (Lipinski definition) is 2. The number of fused-ring (bicyclic) bond motifs is 1. The Morgan fingerprint density at radius 3 is 2.88 bits per heavy atom. The first-order valence-electron chi connectivity index (χ1n) is 5.01. The number of carboxylic acids is 1. The third kappa shape index (κ3) is 1.16. The minimum Gasteiger partial charge on any atom is -0.481 e. The predicted molar refractivity (Wildman–Crippen MR) is 59.7 cm³/mol. The molecule has 16 heavy (non-hydrogen) atoms. The van der Waals surface area contributed by atoms with E-state index in [1.807, 2.05) is 12.1 Å². The number of aromatic nitrogens is 2. The first-order valence-corrected chi connectivity index (χ1v) is 5.39. The highest BCUT2D eigenvalue weighted by Gasteiger charge is 2.51. The van der Waals surface area contributed by atoms with Crippen LogP contribution in [-0.4, -0.2) is 21.3 Å². The number of halogens is 1. The second kappa shape index (κ2) is 2.98. The number of aromatic amines is 1. The highest BCUT2D eigenvalue weighted by molar-refractivity contribution is 6.34. The maximum Gasteiger partial charge on any atom is 0.314 e. The summed E-state index contributed by atoms with van der Waals surface area (Å²) in [6, 6.07) is 5.44. The zero-order valence-electron chi connectivity index (χ0n) is 8.33. The van der Waals surface area contributed by atoms with Gasteiger partial charge in [-0.25, -0.2) is 0 Å². The number of carbonyl (C=O) groups is 1. The fourth-order valence-electron chi connectivity index (χ4n) is 2.03. The molecule has 0 spiro atoms. The Morgan fingerprint density at radius 1 is 1.50 bits per heavy atom. The van der Waals surface area contributed by atoms with Crippen LogP contribution in [0.1, 0.15) is 18.4 Å². The Balaban J connectivity index is 2.18. The molecule has 1 aliphatic carbocycles. The first kappa shape index (κ1) is 9.66. The van der Waals surface area contributed by atoms with Crippen molar-refractivity contribution < 1.29 is 9.90 Å². The van der Waals surface area contributed by atoms with Crippen molar-refractivity contribution in [2.75, 3.05) is 0 Å². The van der Waals surface area contributed by atoms with E-state index >= 15 is 0 Å². The van der Waals surface area contributed by atoms with E-state index in [2.05, 4.69) is 10.2 Å². The van der Waals surface area contributed by atoms with Gasteiger partial charge < -0.3 is 5.11 Å². The van der Waals surface area contributed by atoms with Crippen LogP contribution in [0.15, 0.2) is 18.2 Å². The Labute approximate surface area is 96.2 Å². The summed E-state index contributed by atoms with van der Waals surface area (Å²) in [6.07, 6.45) is 1.40. The Kier molecular flexibility index (Phi) is 1.80. The van der Waals surface area contributed by atoms with Gasteiger partial charge in [0, 0.05) is 5.39 Å². The fraction of sp³-hybridized carbons (Fsp3) is 0.273. The third-order valence-electron chi connectivity index (χ3n) is 3.22. The average Bonchev–Trinajstić information content (AvgIpc) is 3.01. The van der Waals surface area contributed by atoms with E-state index in [0.29, 0.717) is 18.0 Å². The lowest BCUT2D eigenvalue weighted by atomic mass is 9.95. The fourth-order valence-corrected chi connectivity index (χ4v) is 2.22. The van der Waals surface area contributed by atoms with Gasteiger partial charge in [-0.05, 0) is 30.5 Å². The molecule has 0 atom stereocenters. The predicted octanol–water partition coefficient (Wildman–Crippen LogP) is 2.33. The summed E-state index contributed by atoms with van der Waals surface area (Å²) in [4.78, 5) is 11.2. The number of benzene rings is 1. The topological polar surface area (TPSA) is 66.0 Å². The molecule has 1 fully saturated rings. The normalized spacial score (nSPS) is 17.6. The number of nitrogens with one attached hydrogen (secondary N) is 1. The summed E-state index contributed by atoms with van der Waals surface area (Å²) in [5, 5.41) is 17.1. The molecule has 0 aliphatic heterocycles. The Morgan fingerprint density at radius 2 is 2.25 bits per heavy atom. The van der Waals surface area contributed by atoms with Gasteiger partial charge in [0.25, 0.3) is 0 Å². The van der Waals surface area contributed by atoms with Crippen LogP contribution in [0.2, 0.25) is 5.15 Å².